The summed E-state index contributed by atoms with van der Waals surface area (Å²) in [4.78, 5) is 14.9. The van der Waals surface area contributed by atoms with Crippen molar-refractivity contribution in [3.05, 3.63) is 46.8 Å². The topological polar surface area (TPSA) is 68.6 Å². The summed E-state index contributed by atoms with van der Waals surface area (Å²) in [6, 6.07) is 8.13. The number of fused-ring (bicyclic) bond motifs is 1. The number of ether oxygens (including phenoxy) is 2. The van der Waals surface area contributed by atoms with Gasteiger partial charge in [0, 0.05) is 64.6 Å². The van der Waals surface area contributed by atoms with Crippen molar-refractivity contribution in [1.29, 1.82) is 0 Å². The first-order valence-electron chi connectivity index (χ1n) is 9.29. The number of methoxy groups -OCH3 is 2. The molecule has 3 rings (SSSR count). The smallest absolute Gasteiger partial charge is 0.272 e. The number of aryl methyl sites for hydroxylation is 1. The lowest BCUT2D eigenvalue weighted by Gasteiger charge is -2.27. The maximum absolute atomic E-state index is 12.6. The molecule has 0 unspecified atom stereocenters. The molecule has 1 N–H and O–H groups in total. The molecule has 2 aromatic rings. The van der Waals surface area contributed by atoms with Gasteiger partial charge in [-0.25, -0.2) is 0 Å². The molecule has 7 nitrogen and oxygen atoms in total. The van der Waals surface area contributed by atoms with E-state index in [2.05, 4.69) is 27.4 Å². The van der Waals surface area contributed by atoms with Crippen LogP contribution >= 0.6 is 0 Å². The quantitative estimate of drug-likeness (QED) is 0.715. The zero-order chi connectivity index (χ0) is 19.2. The number of rotatable bonds is 8. The average molecular weight is 372 g/mol. The number of hydrogen-bond acceptors (Lipinski definition) is 5. The van der Waals surface area contributed by atoms with E-state index in [1.165, 1.54) is 5.56 Å². The second kappa shape index (κ2) is 9.01. The zero-order valence-corrected chi connectivity index (χ0v) is 16.3. The van der Waals surface area contributed by atoms with E-state index in [1.807, 2.05) is 23.9 Å². The fourth-order valence-corrected chi connectivity index (χ4v) is 3.46. The molecule has 1 aliphatic rings. The molecular weight excluding hydrogens is 344 g/mol. The third-order valence-corrected chi connectivity index (χ3v) is 4.91. The molecule has 0 saturated heterocycles. The molecule has 1 amide bonds. The van der Waals surface area contributed by atoms with Crippen LogP contribution in [0.25, 0.3) is 0 Å². The second-order valence-electron chi connectivity index (χ2n) is 6.81. The van der Waals surface area contributed by atoms with Crippen LogP contribution in [0.4, 0.5) is 0 Å². The molecule has 1 aliphatic heterocycles. The van der Waals surface area contributed by atoms with E-state index in [9.17, 15) is 4.79 Å². The lowest BCUT2D eigenvalue weighted by molar-refractivity contribution is 0.0940. The Labute approximate surface area is 160 Å². The Hall–Kier alpha value is -2.38. The third-order valence-electron chi connectivity index (χ3n) is 4.91. The summed E-state index contributed by atoms with van der Waals surface area (Å²) in [6.45, 7) is 3.75. The van der Waals surface area contributed by atoms with Crippen molar-refractivity contribution in [2.45, 2.75) is 25.9 Å². The molecule has 2 heterocycles. The largest absolute Gasteiger partial charge is 0.497 e. The van der Waals surface area contributed by atoms with E-state index in [4.69, 9.17) is 9.47 Å². The van der Waals surface area contributed by atoms with E-state index in [-0.39, 0.29) is 5.91 Å². The van der Waals surface area contributed by atoms with Crippen LogP contribution in [0, 0.1) is 0 Å². The van der Waals surface area contributed by atoms with Gasteiger partial charge < -0.3 is 14.8 Å². The van der Waals surface area contributed by atoms with Crippen LogP contribution in [0.1, 0.15) is 33.7 Å². The first-order chi connectivity index (χ1) is 13.1. The van der Waals surface area contributed by atoms with Crippen molar-refractivity contribution in [3.63, 3.8) is 0 Å². The van der Waals surface area contributed by atoms with Gasteiger partial charge in [0.15, 0.2) is 5.69 Å². The fraction of sp³-hybridized carbons (Fsp3) is 0.500. The van der Waals surface area contributed by atoms with E-state index in [0.717, 1.165) is 49.5 Å². The number of carbonyl (C=O) groups is 1. The first kappa shape index (κ1) is 19.4. The lowest BCUT2D eigenvalue weighted by Crippen LogP contribution is -2.32. The molecule has 0 bridgehead atoms. The van der Waals surface area contributed by atoms with Gasteiger partial charge >= 0.3 is 0 Å². The maximum atomic E-state index is 12.6. The summed E-state index contributed by atoms with van der Waals surface area (Å²) < 4.78 is 12.1. The highest BCUT2D eigenvalue weighted by molar-refractivity contribution is 5.94. The number of hydrogen-bond donors (Lipinski definition) is 1. The predicted octanol–water partition coefficient (Wildman–Crippen LogP) is 1.75. The van der Waals surface area contributed by atoms with Gasteiger partial charge in [-0.3, -0.25) is 14.4 Å². The van der Waals surface area contributed by atoms with Gasteiger partial charge in [-0.2, -0.15) is 5.10 Å². The molecule has 0 spiro atoms. The molecule has 0 atom stereocenters. The van der Waals surface area contributed by atoms with Crippen LogP contribution in [-0.4, -0.2) is 54.5 Å². The van der Waals surface area contributed by atoms with E-state index >= 15 is 0 Å². The van der Waals surface area contributed by atoms with Crippen LogP contribution in [0.5, 0.6) is 5.75 Å². The Balaban J connectivity index is 1.67. The number of benzene rings is 1. The molecule has 0 fully saturated rings. The van der Waals surface area contributed by atoms with Gasteiger partial charge in [-0.05, 0) is 24.1 Å². The first-order valence-corrected chi connectivity index (χ1v) is 9.29. The number of carbonyl (C=O) groups excluding carboxylic acids is 1. The van der Waals surface area contributed by atoms with E-state index in [0.29, 0.717) is 18.8 Å². The molecule has 0 aliphatic carbocycles. The maximum Gasteiger partial charge on any atom is 0.272 e. The minimum absolute atomic E-state index is 0.103. The number of amides is 1. The molecule has 0 saturated carbocycles. The van der Waals surface area contributed by atoms with Crippen molar-refractivity contribution in [3.8, 4) is 5.75 Å². The Morgan fingerprint density at radius 2 is 2.04 bits per heavy atom. The summed E-state index contributed by atoms with van der Waals surface area (Å²) in [5, 5.41) is 7.43. The highest BCUT2D eigenvalue weighted by Crippen LogP contribution is 2.24. The molecule has 146 valence electrons. The molecule has 1 aromatic carbocycles. The van der Waals surface area contributed by atoms with Crippen molar-refractivity contribution >= 4 is 5.91 Å². The van der Waals surface area contributed by atoms with Crippen molar-refractivity contribution in [1.82, 2.24) is 20.0 Å². The Bertz CT molecular complexity index is 770. The van der Waals surface area contributed by atoms with E-state index in [1.54, 1.807) is 14.2 Å². The summed E-state index contributed by atoms with van der Waals surface area (Å²) in [7, 11) is 5.25. The average Bonchev–Trinajstić information content (AvgIpc) is 3.02. The van der Waals surface area contributed by atoms with Crippen LogP contribution < -0.4 is 10.1 Å². The van der Waals surface area contributed by atoms with Crippen LogP contribution in [-0.2, 0) is 31.3 Å². The van der Waals surface area contributed by atoms with Crippen molar-refractivity contribution in [2.24, 2.45) is 7.05 Å². The Morgan fingerprint density at radius 1 is 1.26 bits per heavy atom. The van der Waals surface area contributed by atoms with Gasteiger partial charge in [0.2, 0.25) is 0 Å². The molecule has 27 heavy (non-hydrogen) atoms. The van der Waals surface area contributed by atoms with Crippen molar-refractivity contribution in [2.75, 3.05) is 33.9 Å². The van der Waals surface area contributed by atoms with E-state index < -0.39 is 0 Å². The lowest BCUT2D eigenvalue weighted by atomic mass is 10.0. The second-order valence-corrected chi connectivity index (χ2v) is 6.81. The zero-order valence-electron chi connectivity index (χ0n) is 16.3. The summed E-state index contributed by atoms with van der Waals surface area (Å²) >= 11 is 0. The van der Waals surface area contributed by atoms with Crippen LogP contribution in [0.3, 0.4) is 0 Å². The number of aromatic nitrogens is 2. The SMILES string of the molecule is COCCCNC(=O)c1nn(C)c2c1CN(Cc1ccc(OC)cc1)CC2. The van der Waals surface area contributed by atoms with Gasteiger partial charge in [0.1, 0.15) is 5.75 Å². The van der Waals surface area contributed by atoms with Gasteiger partial charge in [0.25, 0.3) is 5.91 Å². The number of nitrogens with one attached hydrogen (secondary N) is 1. The highest BCUT2D eigenvalue weighted by atomic mass is 16.5. The molecule has 1 aromatic heterocycles. The summed E-state index contributed by atoms with van der Waals surface area (Å²) in [5.74, 6) is 0.758. The minimum atomic E-state index is -0.103. The molecular formula is C20H28N4O3. The number of nitrogens with zero attached hydrogens (tertiary/aromatic N) is 3. The summed E-state index contributed by atoms with van der Waals surface area (Å²) in [5.41, 5.74) is 3.97. The van der Waals surface area contributed by atoms with Gasteiger partial charge in [-0.15, -0.1) is 0 Å². The highest BCUT2D eigenvalue weighted by Gasteiger charge is 2.27. The minimum Gasteiger partial charge on any atom is -0.497 e. The third kappa shape index (κ3) is 4.67. The van der Waals surface area contributed by atoms with Gasteiger partial charge in [-0.1, -0.05) is 12.1 Å². The Morgan fingerprint density at radius 3 is 2.74 bits per heavy atom. The monoisotopic (exact) mass is 372 g/mol. The molecule has 0 radical (unpaired) electrons. The fourth-order valence-electron chi connectivity index (χ4n) is 3.46. The van der Waals surface area contributed by atoms with Crippen LogP contribution in [0.15, 0.2) is 24.3 Å². The normalized spacial score (nSPS) is 14.0. The molecule has 7 heteroatoms. The van der Waals surface area contributed by atoms with Crippen molar-refractivity contribution < 1.29 is 14.3 Å². The predicted molar refractivity (Wildman–Crippen MR) is 103 cm³/mol. The van der Waals surface area contributed by atoms with Gasteiger partial charge in [0.05, 0.1) is 7.11 Å². The Kier molecular flexibility index (Phi) is 6.47. The van der Waals surface area contributed by atoms with Crippen LogP contribution in [0.2, 0.25) is 0 Å². The standard InChI is InChI=1S/C20H28N4O3/c1-23-18-9-11-24(13-15-5-7-16(27-3)8-6-15)14-17(18)19(22-23)20(25)21-10-4-12-26-2/h5-8H,4,9-14H2,1-3H3,(H,21,25). The summed E-state index contributed by atoms with van der Waals surface area (Å²) in [6.07, 6.45) is 1.69.